The van der Waals surface area contributed by atoms with Crippen molar-refractivity contribution in [2.24, 2.45) is 5.92 Å². The monoisotopic (exact) mass is 206 g/mol. The molecule has 0 aliphatic carbocycles. The SMILES string of the molecule is CC(C)[C@H]1O[C@@H](CO)[C@H](O)C(O)C1O. The predicted molar refractivity (Wildman–Crippen MR) is 48.6 cm³/mol. The zero-order valence-corrected chi connectivity index (χ0v) is 8.37. The standard InChI is InChI=1S/C9H18O5/c1-4(2)9-8(13)7(12)6(11)5(3-10)14-9/h4-13H,3H2,1-2H3/t5-,6-,7?,8?,9+/m0/s1. The molecule has 0 aromatic rings. The quantitative estimate of drug-likeness (QED) is 0.441. The lowest BCUT2D eigenvalue weighted by molar-refractivity contribution is -0.238. The number of aliphatic hydroxyl groups excluding tert-OH is 4. The highest BCUT2D eigenvalue weighted by Gasteiger charge is 2.44. The molecule has 2 unspecified atom stereocenters. The maximum absolute atomic E-state index is 9.57. The molecule has 14 heavy (non-hydrogen) atoms. The number of ether oxygens (including phenoxy) is 1. The number of hydrogen-bond donors (Lipinski definition) is 4. The van der Waals surface area contributed by atoms with Crippen LogP contribution in [0.1, 0.15) is 13.8 Å². The van der Waals surface area contributed by atoms with E-state index in [0.29, 0.717) is 0 Å². The van der Waals surface area contributed by atoms with Gasteiger partial charge in [0, 0.05) is 0 Å². The van der Waals surface area contributed by atoms with Crippen LogP contribution in [0, 0.1) is 5.92 Å². The summed E-state index contributed by atoms with van der Waals surface area (Å²) in [6.45, 7) is 3.31. The zero-order valence-electron chi connectivity index (χ0n) is 8.37. The fourth-order valence-electron chi connectivity index (χ4n) is 1.68. The van der Waals surface area contributed by atoms with Crippen molar-refractivity contribution >= 4 is 0 Å². The molecule has 5 atom stereocenters. The maximum Gasteiger partial charge on any atom is 0.111 e. The summed E-state index contributed by atoms with van der Waals surface area (Å²) in [6.07, 6.45) is -4.96. The van der Waals surface area contributed by atoms with E-state index in [1.807, 2.05) is 13.8 Å². The van der Waals surface area contributed by atoms with Crippen molar-refractivity contribution in [3.05, 3.63) is 0 Å². The van der Waals surface area contributed by atoms with Gasteiger partial charge in [0.2, 0.25) is 0 Å². The fraction of sp³-hybridized carbons (Fsp3) is 1.00. The lowest BCUT2D eigenvalue weighted by atomic mass is 9.90. The van der Waals surface area contributed by atoms with Gasteiger partial charge in [0.1, 0.15) is 24.4 Å². The van der Waals surface area contributed by atoms with Crippen molar-refractivity contribution in [2.45, 2.75) is 44.4 Å². The van der Waals surface area contributed by atoms with Crippen LogP contribution in [0.25, 0.3) is 0 Å². The Morgan fingerprint density at radius 2 is 1.64 bits per heavy atom. The van der Waals surface area contributed by atoms with Gasteiger partial charge in [-0.3, -0.25) is 0 Å². The molecule has 1 saturated heterocycles. The summed E-state index contributed by atoms with van der Waals surface area (Å²) in [5.41, 5.74) is 0. The molecule has 5 heteroatoms. The van der Waals surface area contributed by atoms with Gasteiger partial charge in [-0.2, -0.15) is 0 Å². The van der Waals surface area contributed by atoms with Crippen molar-refractivity contribution in [3.63, 3.8) is 0 Å². The van der Waals surface area contributed by atoms with E-state index in [0.717, 1.165) is 0 Å². The highest BCUT2D eigenvalue weighted by Crippen LogP contribution is 2.25. The minimum Gasteiger partial charge on any atom is -0.394 e. The first-order valence-electron chi connectivity index (χ1n) is 4.79. The van der Waals surface area contributed by atoms with Crippen LogP contribution in [0.3, 0.4) is 0 Å². The lowest BCUT2D eigenvalue weighted by Crippen LogP contribution is -2.59. The average Bonchev–Trinajstić information content (AvgIpc) is 2.14. The summed E-state index contributed by atoms with van der Waals surface area (Å²) in [7, 11) is 0. The lowest BCUT2D eigenvalue weighted by Gasteiger charge is -2.41. The second kappa shape index (κ2) is 4.55. The highest BCUT2D eigenvalue weighted by molar-refractivity contribution is 4.92. The fourth-order valence-corrected chi connectivity index (χ4v) is 1.68. The van der Waals surface area contributed by atoms with Crippen LogP contribution < -0.4 is 0 Å². The molecule has 0 saturated carbocycles. The van der Waals surface area contributed by atoms with Crippen molar-refractivity contribution in [3.8, 4) is 0 Å². The van der Waals surface area contributed by atoms with E-state index in [1.54, 1.807) is 0 Å². The number of hydrogen-bond acceptors (Lipinski definition) is 5. The van der Waals surface area contributed by atoms with Gasteiger partial charge in [-0.15, -0.1) is 0 Å². The molecular formula is C9H18O5. The smallest absolute Gasteiger partial charge is 0.111 e. The van der Waals surface area contributed by atoms with E-state index in [9.17, 15) is 15.3 Å². The molecule has 5 nitrogen and oxygen atoms in total. The minimum atomic E-state index is -1.26. The number of aliphatic hydroxyl groups is 4. The van der Waals surface area contributed by atoms with E-state index in [2.05, 4.69) is 0 Å². The Balaban J connectivity index is 2.73. The Labute approximate surface area is 82.9 Å². The van der Waals surface area contributed by atoms with Crippen LogP contribution in [0.15, 0.2) is 0 Å². The molecule has 4 N–H and O–H groups in total. The Kier molecular flexibility index (Phi) is 3.86. The molecule has 1 fully saturated rings. The van der Waals surface area contributed by atoms with Crippen molar-refractivity contribution in [2.75, 3.05) is 6.61 Å². The Morgan fingerprint density at radius 3 is 2.07 bits per heavy atom. The van der Waals surface area contributed by atoms with Gasteiger partial charge in [-0.1, -0.05) is 13.8 Å². The van der Waals surface area contributed by atoms with Crippen molar-refractivity contribution in [1.82, 2.24) is 0 Å². The molecule has 1 heterocycles. The Bertz CT molecular complexity index is 182. The summed E-state index contributed by atoms with van der Waals surface area (Å²) in [5.74, 6) is 0.0150. The molecule has 0 amide bonds. The van der Waals surface area contributed by atoms with Crippen LogP contribution in [0.4, 0.5) is 0 Å². The van der Waals surface area contributed by atoms with Gasteiger partial charge in [-0.25, -0.2) is 0 Å². The van der Waals surface area contributed by atoms with Crippen molar-refractivity contribution < 1.29 is 25.2 Å². The van der Waals surface area contributed by atoms with E-state index in [1.165, 1.54) is 0 Å². The largest absolute Gasteiger partial charge is 0.394 e. The highest BCUT2D eigenvalue weighted by atomic mass is 16.5. The summed E-state index contributed by atoms with van der Waals surface area (Å²) in [6, 6.07) is 0. The minimum absolute atomic E-state index is 0.0150. The van der Waals surface area contributed by atoms with Gasteiger partial charge in [0.25, 0.3) is 0 Å². The second-order valence-corrected chi connectivity index (χ2v) is 4.04. The van der Waals surface area contributed by atoms with E-state index in [-0.39, 0.29) is 12.5 Å². The molecule has 0 radical (unpaired) electrons. The molecule has 1 rings (SSSR count). The average molecular weight is 206 g/mol. The van der Waals surface area contributed by atoms with E-state index >= 15 is 0 Å². The van der Waals surface area contributed by atoms with Gasteiger partial charge in [0.05, 0.1) is 12.7 Å². The van der Waals surface area contributed by atoms with Crippen LogP contribution in [0.2, 0.25) is 0 Å². The van der Waals surface area contributed by atoms with E-state index < -0.39 is 30.5 Å². The molecule has 1 aliphatic rings. The zero-order chi connectivity index (χ0) is 10.9. The molecular weight excluding hydrogens is 188 g/mol. The molecule has 84 valence electrons. The summed E-state index contributed by atoms with van der Waals surface area (Å²) in [5, 5.41) is 37.4. The molecule has 0 bridgehead atoms. The normalized spacial score (nSPS) is 44.4. The van der Waals surface area contributed by atoms with Gasteiger partial charge in [0.15, 0.2) is 0 Å². The van der Waals surface area contributed by atoms with Crippen LogP contribution in [0.5, 0.6) is 0 Å². The summed E-state index contributed by atoms with van der Waals surface area (Å²) < 4.78 is 5.28. The van der Waals surface area contributed by atoms with Gasteiger partial charge in [-0.05, 0) is 5.92 Å². The predicted octanol–water partition coefficient (Wildman–Crippen LogP) is -1.52. The van der Waals surface area contributed by atoms with E-state index in [4.69, 9.17) is 9.84 Å². The first kappa shape index (κ1) is 11.9. The van der Waals surface area contributed by atoms with Crippen molar-refractivity contribution in [1.29, 1.82) is 0 Å². The summed E-state index contributed by atoms with van der Waals surface area (Å²) >= 11 is 0. The van der Waals surface area contributed by atoms with Crippen LogP contribution in [-0.2, 0) is 4.74 Å². The van der Waals surface area contributed by atoms with Gasteiger partial charge >= 0.3 is 0 Å². The topological polar surface area (TPSA) is 90.2 Å². The Hall–Kier alpha value is -0.200. The first-order chi connectivity index (χ1) is 6.49. The third-order valence-corrected chi connectivity index (χ3v) is 2.59. The second-order valence-electron chi connectivity index (χ2n) is 4.04. The molecule has 0 aromatic heterocycles. The maximum atomic E-state index is 9.57. The van der Waals surface area contributed by atoms with Crippen LogP contribution >= 0.6 is 0 Å². The molecule has 1 aliphatic heterocycles. The number of rotatable bonds is 2. The Morgan fingerprint density at radius 1 is 1.07 bits per heavy atom. The van der Waals surface area contributed by atoms with Gasteiger partial charge < -0.3 is 25.2 Å². The molecule has 0 aromatic carbocycles. The van der Waals surface area contributed by atoms with Crippen LogP contribution in [-0.4, -0.2) is 57.6 Å². The molecule has 0 spiro atoms. The third kappa shape index (κ3) is 2.07. The summed E-state index contributed by atoms with van der Waals surface area (Å²) in [4.78, 5) is 0. The third-order valence-electron chi connectivity index (χ3n) is 2.59. The first-order valence-corrected chi connectivity index (χ1v) is 4.79.